The third kappa shape index (κ3) is 5.84. The van der Waals surface area contributed by atoms with Crippen LogP contribution in [0.2, 0.25) is 0 Å². The Balaban J connectivity index is 1.37. The standard InChI is InChI=1S/C29H31F3N8O5/c1-3-21-24(37-8-10-38(11-9-37)26-22(41)16-45-36-26)27(43)40-28(34-25(35-40)18-6-12-44-13-7-18)39(21)15-23(42)33-20-5-4-19(14-17(20)2)29(30,31)32/h4-6,14,16,41H,3,7-13,15H2,1-2H3,(H,33,42). The average molecular weight is 629 g/mol. The number of halogens is 3. The quantitative estimate of drug-likeness (QED) is 0.313. The van der Waals surface area contributed by atoms with Crippen LogP contribution in [0.3, 0.4) is 0 Å². The maximum atomic E-state index is 14.0. The van der Waals surface area contributed by atoms with E-state index in [4.69, 9.17) is 9.26 Å². The van der Waals surface area contributed by atoms with E-state index in [1.807, 2.05) is 22.8 Å². The SMILES string of the molecule is CCc1c(N2CCN(c3nocc3O)CC2)c(=O)n2nc(C3=CCOCC3)nc2n1CC(=O)Nc1ccc(C(F)(F)F)cc1C. The molecule has 2 aliphatic heterocycles. The van der Waals surface area contributed by atoms with Gasteiger partial charge in [-0.1, -0.05) is 18.2 Å². The van der Waals surface area contributed by atoms with Crippen molar-refractivity contribution in [1.29, 1.82) is 0 Å². The first-order valence-electron chi connectivity index (χ1n) is 14.5. The fourth-order valence-corrected chi connectivity index (χ4v) is 5.70. The summed E-state index contributed by atoms with van der Waals surface area (Å²) >= 11 is 0. The summed E-state index contributed by atoms with van der Waals surface area (Å²) in [6.45, 7) is 5.63. The van der Waals surface area contributed by atoms with Gasteiger partial charge in [0.2, 0.25) is 23.3 Å². The Morgan fingerprint density at radius 2 is 1.91 bits per heavy atom. The predicted octanol–water partition coefficient (Wildman–Crippen LogP) is 3.24. The van der Waals surface area contributed by atoms with Crippen molar-refractivity contribution < 1.29 is 32.3 Å². The van der Waals surface area contributed by atoms with Gasteiger partial charge in [0.05, 0.1) is 24.5 Å². The summed E-state index contributed by atoms with van der Waals surface area (Å²) in [6, 6.07) is 3.12. The summed E-state index contributed by atoms with van der Waals surface area (Å²) in [4.78, 5) is 35.9. The monoisotopic (exact) mass is 628 g/mol. The summed E-state index contributed by atoms with van der Waals surface area (Å²) in [5, 5.41) is 21.2. The molecule has 0 unspecified atom stereocenters. The molecule has 0 saturated carbocycles. The summed E-state index contributed by atoms with van der Waals surface area (Å²) in [7, 11) is 0. The van der Waals surface area contributed by atoms with Crippen molar-refractivity contribution in [3.63, 3.8) is 0 Å². The number of piperazine rings is 1. The Bertz CT molecular complexity index is 1840. The summed E-state index contributed by atoms with van der Waals surface area (Å²) < 4.78 is 52.7. The molecule has 0 aliphatic carbocycles. The number of nitrogens with one attached hydrogen (secondary N) is 1. The molecule has 1 fully saturated rings. The zero-order valence-electron chi connectivity index (χ0n) is 24.6. The molecule has 0 radical (unpaired) electrons. The lowest BCUT2D eigenvalue weighted by Gasteiger charge is -2.36. The number of aryl methyl sites for hydroxylation is 1. The second kappa shape index (κ2) is 11.9. The minimum atomic E-state index is -4.51. The third-order valence-corrected chi connectivity index (χ3v) is 7.97. The van der Waals surface area contributed by atoms with Gasteiger partial charge in [-0.2, -0.15) is 22.7 Å². The number of anilines is 3. The molecule has 2 aliphatic rings. The average Bonchev–Trinajstić information content (AvgIpc) is 3.66. The number of hydrogen-bond acceptors (Lipinski definition) is 10. The number of fused-ring (bicyclic) bond motifs is 1. The number of aromatic nitrogens is 5. The number of aromatic hydroxyl groups is 1. The van der Waals surface area contributed by atoms with Crippen molar-refractivity contribution in [2.45, 2.75) is 39.4 Å². The zero-order valence-corrected chi connectivity index (χ0v) is 24.6. The zero-order chi connectivity index (χ0) is 31.9. The van der Waals surface area contributed by atoms with Gasteiger partial charge in [0.25, 0.3) is 5.56 Å². The first kappa shape index (κ1) is 30.2. The van der Waals surface area contributed by atoms with Crippen LogP contribution in [-0.4, -0.2) is 74.7 Å². The van der Waals surface area contributed by atoms with Crippen LogP contribution < -0.4 is 20.7 Å². The minimum absolute atomic E-state index is 0.0756. The Kier molecular flexibility index (Phi) is 7.99. The summed E-state index contributed by atoms with van der Waals surface area (Å²) in [5.41, 5.74) is 1.05. The number of alkyl halides is 3. The van der Waals surface area contributed by atoms with Gasteiger partial charge in [0.15, 0.2) is 12.1 Å². The summed E-state index contributed by atoms with van der Waals surface area (Å²) in [6.07, 6.45) is -0.572. The van der Waals surface area contributed by atoms with Gasteiger partial charge in [-0.15, -0.1) is 5.10 Å². The second-order valence-electron chi connectivity index (χ2n) is 10.8. The molecule has 2 N–H and O–H groups in total. The van der Waals surface area contributed by atoms with Crippen molar-refractivity contribution in [2.75, 3.05) is 54.5 Å². The number of carbonyl (C=O) groups is 1. The smallest absolute Gasteiger partial charge is 0.416 e. The molecule has 0 spiro atoms. The number of ether oxygens (including phenoxy) is 1. The van der Waals surface area contributed by atoms with Crippen LogP contribution in [0.25, 0.3) is 11.4 Å². The first-order valence-corrected chi connectivity index (χ1v) is 14.5. The highest BCUT2D eigenvalue weighted by atomic mass is 19.4. The Morgan fingerprint density at radius 3 is 2.53 bits per heavy atom. The molecule has 1 saturated heterocycles. The molecule has 6 rings (SSSR count). The van der Waals surface area contributed by atoms with Crippen LogP contribution in [0.5, 0.6) is 5.75 Å². The van der Waals surface area contributed by atoms with Crippen LogP contribution in [0.15, 0.2) is 39.9 Å². The number of amides is 1. The van der Waals surface area contributed by atoms with Crippen molar-refractivity contribution in [1.82, 2.24) is 24.3 Å². The highest BCUT2D eigenvalue weighted by Crippen LogP contribution is 2.32. The van der Waals surface area contributed by atoms with E-state index in [0.717, 1.165) is 24.0 Å². The van der Waals surface area contributed by atoms with Crippen LogP contribution >= 0.6 is 0 Å². The van der Waals surface area contributed by atoms with Gasteiger partial charge in [-0.3, -0.25) is 9.59 Å². The Labute approximate surface area is 254 Å². The van der Waals surface area contributed by atoms with Gasteiger partial charge < -0.3 is 34.1 Å². The predicted molar refractivity (Wildman–Crippen MR) is 157 cm³/mol. The molecule has 45 heavy (non-hydrogen) atoms. The van der Waals surface area contributed by atoms with Crippen molar-refractivity contribution >= 4 is 34.5 Å². The molecular weight excluding hydrogens is 597 g/mol. The van der Waals surface area contributed by atoms with Crippen LogP contribution in [0.1, 0.15) is 36.0 Å². The lowest BCUT2D eigenvalue weighted by atomic mass is 10.1. The molecule has 1 amide bonds. The van der Waals surface area contributed by atoms with Crippen molar-refractivity contribution in [3.8, 4) is 5.75 Å². The first-order chi connectivity index (χ1) is 21.5. The maximum absolute atomic E-state index is 14.0. The van der Waals surface area contributed by atoms with Gasteiger partial charge in [0.1, 0.15) is 12.2 Å². The fraction of sp³-hybridized carbons (Fsp3) is 0.414. The molecule has 13 nitrogen and oxygen atoms in total. The van der Waals surface area contributed by atoms with E-state index < -0.39 is 17.6 Å². The highest BCUT2D eigenvalue weighted by Gasteiger charge is 2.31. The van der Waals surface area contributed by atoms with E-state index in [0.29, 0.717) is 75.3 Å². The molecule has 238 valence electrons. The minimum Gasteiger partial charge on any atom is -0.502 e. The Hall–Kier alpha value is -4.86. The largest absolute Gasteiger partial charge is 0.502 e. The number of rotatable bonds is 7. The molecule has 3 aromatic heterocycles. The van der Waals surface area contributed by atoms with Gasteiger partial charge >= 0.3 is 6.18 Å². The van der Waals surface area contributed by atoms with Crippen LogP contribution in [0, 0.1) is 6.92 Å². The molecule has 4 aromatic rings. The molecule has 16 heteroatoms. The molecule has 1 aromatic carbocycles. The van der Waals surface area contributed by atoms with Crippen molar-refractivity contribution in [2.24, 2.45) is 0 Å². The molecule has 0 bridgehead atoms. The number of hydrogen-bond donors (Lipinski definition) is 2. The second-order valence-corrected chi connectivity index (χ2v) is 10.8. The highest BCUT2D eigenvalue weighted by molar-refractivity contribution is 5.91. The maximum Gasteiger partial charge on any atom is 0.416 e. The molecule has 5 heterocycles. The Morgan fingerprint density at radius 1 is 1.16 bits per heavy atom. The van der Waals surface area contributed by atoms with E-state index in [1.54, 1.807) is 4.57 Å². The number of nitrogens with zero attached hydrogens (tertiary/aromatic N) is 7. The van der Waals surface area contributed by atoms with Gasteiger partial charge in [0, 0.05) is 31.9 Å². The third-order valence-electron chi connectivity index (χ3n) is 7.97. The lowest BCUT2D eigenvalue weighted by molar-refractivity contribution is -0.137. The van der Waals surface area contributed by atoms with Crippen molar-refractivity contribution in [3.05, 3.63) is 63.5 Å². The van der Waals surface area contributed by atoms with Gasteiger partial charge in [-0.05, 0) is 49.1 Å². The fourth-order valence-electron chi connectivity index (χ4n) is 5.70. The topological polar surface area (TPSA) is 143 Å². The van der Waals surface area contributed by atoms with Gasteiger partial charge in [-0.25, -0.2) is 0 Å². The van der Waals surface area contributed by atoms with Crippen LogP contribution in [0.4, 0.5) is 30.4 Å². The van der Waals surface area contributed by atoms with E-state index in [2.05, 4.69) is 20.6 Å². The normalized spacial score (nSPS) is 15.9. The van der Waals surface area contributed by atoms with Crippen LogP contribution in [-0.2, 0) is 28.7 Å². The van der Waals surface area contributed by atoms with E-state index in [-0.39, 0.29) is 34.9 Å². The van der Waals surface area contributed by atoms with E-state index in [9.17, 15) is 27.9 Å². The number of carbonyl (C=O) groups excluding carboxylic acids is 1. The van der Waals surface area contributed by atoms with E-state index >= 15 is 0 Å². The lowest BCUT2D eigenvalue weighted by Crippen LogP contribution is -2.49. The molecule has 0 atom stereocenters. The van der Waals surface area contributed by atoms with E-state index in [1.165, 1.54) is 17.5 Å². The molecular formula is C29H31F3N8O5. The summed E-state index contributed by atoms with van der Waals surface area (Å²) in [5.74, 6) is 0.264. The number of benzene rings is 1.